The number of hydrogen-bond acceptors (Lipinski definition) is 8. The summed E-state index contributed by atoms with van der Waals surface area (Å²) in [6.07, 6.45) is -1.03. The van der Waals surface area contributed by atoms with E-state index in [9.17, 15) is 4.79 Å². The van der Waals surface area contributed by atoms with Gasteiger partial charge in [0.25, 0.3) is 5.91 Å². The van der Waals surface area contributed by atoms with Crippen LogP contribution in [-0.2, 0) is 30.3 Å². The second-order valence-electron chi connectivity index (χ2n) is 10.6. The maximum Gasteiger partial charge on any atom is 0.287 e. The number of rotatable bonds is 6. The second-order valence-corrected chi connectivity index (χ2v) is 10.6. The predicted molar refractivity (Wildman–Crippen MR) is 138 cm³/mol. The lowest BCUT2D eigenvalue weighted by Crippen LogP contribution is -2.55. The Kier molecular flexibility index (Phi) is 6.24. The van der Waals surface area contributed by atoms with Gasteiger partial charge in [-0.1, -0.05) is 30.3 Å². The van der Waals surface area contributed by atoms with Crippen LogP contribution in [0.5, 0.6) is 5.75 Å². The van der Waals surface area contributed by atoms with Crippen molar-refractivity contribution >= 4 is 23.0 Å². The fourth-order valence-corrected chi connectivity index (χ4v) is 5.06. The van der Waals surface area contributed by atoms with Crippen molar-refractivity contribution in [3.63, 3.8) is 0 Å². The van der Waals surface area contributed by atoms with Crippen molar-refractivity contribution in [1.82, 2.24) is 10.4 Å². The van der Waals surface area contributed by atoms with Crippen molar-refractivity contribution in [3.8, 4) is 5.75 Å². The Labute approximate surface area is 220 Å². The van der Waals surface area contributed by atoms with Crippen molar-refractivity contribution < 1.29 is 33.2 Å². The largest absolute Gasteiger partial charge is 0.489 e. The lowest BCUT2D eigenvalue weighted by atomic mass is 10.00. The molecule has 5 unspecified atom stereocenters. The number of nitrogens with zero attached hydrogens (tertiary/aromatic N) is 1. The fraction of sp³-hybridized carbons (Fsp3) is 0.429. The monoisotopic (exact) mass is 521 g/mol. The number of hydrazone groups is 1. The highest BCUT2D eigenvalue weighted by molar-refractivity contribution is 5.98. The summed E-state index contributed by atoms with van der Waals surface area (Å²) >= 11 is 0. The van der Waals surface area contributed by atoms with Crippen LogP contribution in [0.25, 0.3) is 10.9 Å². The number of ether oxygens (including phenoxy) is 6. The fourth-order valence-electron chi connectivity index (χ4n) is 5.06. The van der Waals surface area contributed by atoms with E-state index in [0.29, 0.717) is 12.3 Å². The Bertz CT molecular complexity index is 1350. The van der Waals surface area contributed by atoms with Gasteiger partial charge in [0, 0.05) is 10.9 Å². The van der Waals surface area contributed by atoms with Crippen molar-refractivity contribution in [2.45, 2.75) is 76.6 Å². The normalized spacial score (nSPS) is 29.3. The standard InChI is InChI=1S/C28H31N3O7/c1-27(2)35-22-21(34-26-24(23(22)36-27)37-28(3,4)38-26)14-29-31-25(32)20-13-17-12-18(10-11-19(17)30-20)33-15-16-8-6-5-7-9-16/h5-14,21-24,26,30H,15H2,1-4H3,(H,31,32). The van der Waals surface area contributed by atoms with Gasteiger partial charge in [-0.05, 0) is 57.5 Å². The molecule has 0 aliphatic carbocycles. The van der Waals surface area contributed by atoms with E-state index in [4.69, 9.17) is 28.4 Å². The molecule has 2 N–H and O–H groups in total. The van der Waals surface area contributed by atoms with Crippen LogP contribution in [0.4, 0.5) is 0 Å². The highest BCUT2D eigenvalue weighted by Crippen LogP contribution is 2.43. The molecule has 2 aromatic carbocycles. The van der Waals surface area contributed by atoms with E-state index in [1.807, 2.05) is 76.2 Å². The quantitative estimate of drug-likeness (QED) is 0.374. The lowest BCUT2D eigenvalue weighted by Gasteiger charge is -2.35. The molecule has 4 heterocycles. The van der Waals surface area contributed by atoms with Crippen molar-refractivity contribution in [2.24, 2.45) is 5.10 Å². The smallest absolute Gasteiger partial charge is 0.287 e. The summed E-state index contributed by atoms with van der Waals surface area (Å²) in [6.45, 7) is 7.79. The molecule has 3 aromatic rings. The number of benzene rings is 2. The average Bonchev–Trinajstić information content (AvgIpc) is 3.54. The summed E-state index contributed by atoms with van der Waals surface area (Å²) in [4.78, 5) is 15.9. The first kappa shape index (κ1) is 25.0. The van der Waals surface area contributed by atoms with Crippen LogP contribution in [0.1, 0.15) is 43.7 Å². The van der Waals surface area contributed by atoms with Gasteiger partial charge in [0.15, 0.2) is 17.9 Å². The van der Waals surface area contributed by atoms with Crippen LogP contribution in [0.3, 0.4) is 0 Å². The second kappa shape index (κ2) is 9.48. The summed E-state index contributed by atoms with van der Waals surface area (Å²) in [5, 5.41) is 5.01. The maximum absolute atomic E-state index is 12.8. The van der Waals surface area contributed by atoms with Crippen LogP contribution >= 0.6 is 0 Å². The highest BCUT2D eigenvalue weighted by Gasteiger charge is 2.60. The van der Waals surface area contributed by atoms with E-state index < -0.39 is 42.3 Å². The number of amides is 1. The molecule has 0 bridgehead atoms. The molecular formula is C28H31N3O7. The van der Waals surface area contributed by atoms with Gasteiger partial charge in [0.1, 0.15) is 42.5 Å². The zero-order chi connectivity index (χ0) is 26.5. The van der Waals surface area contributed by atoms with Crippen LogP contribution in [0.2, 0.25) is 0 Å². The first-order valence-corrected chi connectivity index (χ1v) is 12.7. The molecule has 200 valence electrons. The Morgan fingerprint density at radius 1 is 0.974 bits per heavy atom. The molecule has 3 aliphatic heterocycles. The Morgan fingerprint density at radius 2 is 1.71 bits per heavy atom. The molecule has 5 atom stereocenters. The minimum Gasteiger partial charge on any atom is -0.489 e. The molecule has 3 aliphatic rings. The van der Waals surface area contributed by atoms with Gasteiger partial charge in [-0.25, -0.2) is 5.43 Å². The molecule has 10 nitrogen and oxygen atoms in total. The number of H-pyrrole nitrogens is 1. The summed E-state index contributed by atoms with van der Waals surface area (Å²) in [7, 11) is 0. The molecule has 6 rings (SSSR count). The van der Waals surface area contributed by atoms with E-state index in [1.54, 1.807) is 6.07 Å². The van der Waals surface area contributed by atoms with Crippen LogP contribution in [-0.4, -0.2) is 59.4 Å². The number of aromatic amines is 1. The molecule has 0 radical (unpaired) electrons. The van der Waals surface area contributed by atoms with Crippen LogP contribution < -0.4 is 10.2 Å². The van der Waals surface area contributed by atoms with Gasteiger partial charge < -0.3 is 33.4 Å². The predicted octanol–water partition coefficient (Wildman–Crippen LogP) is 3.86. The van der Waals surface area contributed by atoms with Crippen LogP contribution in [0.15, 0.2) is 59.7 Å². The summed E-state index contributed by atoms with van der Waals surface area (Å²) in [5.41, 5.74) is 4.83. The molecule has 3 saturated heterocycles. The van der Waals surface area contributed by atoms with E-state index >= 15 is 0 Å². The first-order valence-electron chi connectivity index (χ1n) is 12.7. The molecule has 0 saturated carbocycles. The van der Waals surface area contributed by atoms with E-state index in [-0.39, 0.29) is 5.91 Å². The molecule has 1 amide bonds. The van der Waals surface area contributed by atoms with E-state index in [0.717, 1.165) is 22.2 Å². The molecule has 10 heteroatoms. The molecule has 0 spiro atoms. The Morgan fingerprint density at radius 3 is 2.53 bits per heavy atom. The van der Waals surface area contributed by atoms with Gasteiger partial charge in [0.05, 0.1) is 6.21 Å². The lowest BCUT2D eigenvalue weighted by molar-refractivity contribution is -0.217. The maximum atomic E-state index is 12.8. The van der Waals surface area contributed by atoms with Gasteiger partial charge in [-0.15, -0.1) is 0 Å². The zero-order valence-corrected chi connectivity index (χ0v) is 21.7. The number of nitrogens with one attached hydrogen (secondary N) is 2. The Hall–Kier alpha value is -3.28. The van der Waals surface area contributed by atoms with Gasteiger partial charge in [-0.2, -0.15) is 5.10 Å². The SMILES string of the molecule is CC1(C)OC2OC(C=NNC(=O)c3cc4cc(OCc5ccccc5)ccc4[nH]3)C3OC(C)(C)OC3C2O1. The third-order valence-corrected chi connectivity index (χ3v) is 6.66. The van der Waals surface area contributed by atoms with Crippen molar-refractivity contribution in [3.05, 3.63) is 65.9 Å². The number of hydrogen-bond donors (Lipinski definition) is 2. The van der Waals surface area contributed by atoms with Gasteiger partial charge in [-0.3, -0.25) is 4.79 Å². The third-order valence-electron chi connectivity index (χ3n) is 6.66. The molecule has 3 fully saturated rings. The van der Waals surface area contributed by atoms with Crippen molar-refractivity contribution in [1.29, 1.82) is 0 Å². The van der Waals surface area contributed by atoms with E-state index in [1.165, 1.54) is 6.21 Å². The first-order chi connectivity index (χ1) is 18.2. The van der Waals surface area contributed by atoms with Crippen LogP contribution in [0, 0.1) is 0 Å². The van der Waals surface area contributed by atoms with Gasteiger partial charge >= 0.3 is 0 Å². The average molecular weight is 522 g/mol. The minimum absolute atomic E-state index is 0.371. The Balaban J connectivity index is 1.11. The number of carbonyl (C=O) groups excluding carboxylic acids is 1. The summed E-state index contributed by atoms with van der Waals surface area (Å²) in [6, 6.07) is 17.3. The molecular weight excluding hydrogens is 490 g/mol. The highest BCUT2D eigenvalue weighted by atomic mass is 16.9. The summed E-state index contributed by atoms with van der Waals surface area (Å²) < 4.78 is 36.1. The molecule has 38 heavy (non-hydrogen) atoms. The number of aromatic nitrogens is 1. The number of carbonyl (C=O) groups is 1. The minimum atomic E-state index is -0.812. The third kappa shape index (κ3) is 5.05. The van der Waals surface area contributed by atoms with Gasteiger partial charge in [0.2, 0.25) is 0 Å². The topological polar surface area (TPSA) is 113 Å². The molecule has 1 aromatic heterocycles. The van der Waals surface area contributed by atoms with Crippen molar-refractivity contribution in [2.75, 3.05) is 0 Å². The van der Waals surface area contributed by atoms with E-state index in [2.05, 4.69) is 15.5 Å². The summed E-state index contributed by atoms with van der Waals surface area (Å²) in [5.74, 6) is -1.29. The number of fused-ring (bicyclic) bond motifs is 4. The zero-order valence-electron chi connectivity index (χ0n) is 21.7.